The van der Waals surface area contributed by atoms with E-state index in [-0.39, 0.29) is 17.1 Å². The Morgan fingerprint density at radius 3 is 2.64 bits per heavy atom. The van der Waals surface area contributed by atoms with Crippen molar-refractivity contribution in [2.75, 3.05) is 0 Å². The van der Waals surface area contributed by atoms with Crippen molar-refractivity contribution in [2.24, 2.45) is 5.10 Å². The van der Waals surface area contributed by atoms with Crippen molar-refractivity contribution in [2.45, 2.75) is 6.92 Å². The Morgan fingerprint density at radius 2 is 1.95 bits per heavy atom. The molecule has 1 amide bonds. The standard InChI is InChI=1S/C15H12Br2N2O3/c1-8-2-3-9(13(20)4-8)7-18-19-15(22)11-5-10(16)6-12(17)14(11)21/h2-7,20-21H,1H3,(H,19,22)/b18-7+. The summed E-state index contributed by atoms with van der Waals surface area (Å²) in [6, 6.07) is 8.21. The van der Waals surface area contributed by atoms with Crippen LogP contribution in [0.5, 0.6) is 11.5 Å². The summed E-state index contributed by atoms with van der Waals surface area (Å²) in [5.74, 6) is -0.664. The van der Waals surface area contributed by atoms with Crippen LogP contribution in [0.4, 0.5) is 0 Å². The number of amides is 1. The molecule has 5 nitrogen and oxygen atoms in total. The normalized spacial score (nSPS) is 10.9. The molecule has 3 N–H and O–H groups in total. The van der Waals surface area contributed by atoms with E-state index in [4.69, 9.17) is 0 Å². The zero-order valence-corrected chi connectivity index (χ0v) is 14.6. The smallest absolute Gasteiger partial charge is 0.275 e. The Balaban J connectivity index is 2.15. The predicted molar refractivity (Wildman–Crippen MR) is 91.4 cm³/mol. The minimum absolute atomic E-state index is 0.0750. The van der Waals surface area contributed by atoms with Gasteiger partial charge < -0.3 is 10.2 Å². The molecule has 0 aliphatic carbocycles. The molecular formula is C15H12Br2N2O3. The molecule has 2 aromatic carbocycles. The minimum atomic E-state index is -0.567. The van der Waals surface area contributed by atoms with Crippen LogP contribution in [-0.2, 0) is 0 Å². The maximum Gasteiger partial charge on any atom is 0.275 e. The van der Waals surface area contributed by atoms with Gasteiger partial charge in [0.15, 0.2) is 0 Å². The van der Waals surface area contributed by atoms with E-state index in [0.717, 1.165) is 5.56 Å². The van der Waals surface area contributed by atoms with Crippen molar-refractivity contribution < 1.29 is 15.0 Å². The lowest BCUT2D eigenvalue weighted by atomic mass is 10.1. The van der Waals surface area contributed by atoms with Gasteiger partial charge in [-0.25, -0.2) is 5.43 Å². The van der Waals surface area contributed by atoms with Crippen LogP contribution >= 0.6 is 31.9 Å². The number of aromatic hydroxyl groups is 2. The van der Waals surface area contributed by atoms with Crippen molar-refractivity contribution in [1.29, 1.82) is 0 Å². The number of benzene rings is 2. The Labute approximate surface area is 143 Å². The third kappa shape index (κ3) is 3.86. The molecule has 0 aliphatic heterocycles. The van der Waals surface area contributed by atoms with Gasteiger partial charge in [0.25, 0.3) is 5.91 Å². The molecule has 22 heavy (non-hydrogen) atoms. The van der Waals surface area contributed by atoms with Gasteiger partial charge in [0.1, 0.15) is 11.5 Å². The van der Waals surface area contributed by atoms with Gasteiger partial charge in [-0.1, -0.05) is 22.0 Å². The molecular weight excluding hydrogens is 416 g/mol. The summed E-state index contributed by atoms with van der Waals surface area (Å²) < 4.78 is 1.04. The third-order valence-electron chi connectivity index (χ3n) is 2.83. The number of hydrogen-bond acceptors (Lipinski definition) is 4. The average Bonchev–Trinajstić information content (AvgIpc) is 2.45. The van der Waals surface area contributed by atoms with Gasteiger partial charge in [-0.2, -0.15) is 5.10 Å². The highest BCUT2D eigenvalue weighted by Gasteiger charge is 2.14. The molecule has 0 aromatic heterocycles. The zero-order chi connectivity index (χ0) is 16.3. The van der Waals surface area contributed by atoms with E-state index in [1.54, 1.807) is 18.2 Å². The molecule has 0 atom stereocenters. The van der Waals surface area contributed by atoms with Crippen LogP contribution in [0.25, 0.3) is 0 Å². The Bertz CT molecular complexity index is 761. The Kier molecular flexibility index (Phi) is 5.20. The SMILES string of the molecule is Cc1ccc(/C=N/NC(=O)c2cc(Br)cc(Br)c2O)c(O)c1. The number of carbonyl (C=O) groups excluding carboxylic acids is 1. The van der Waals surface area contributed by atoms with Crippen LogP contribution in [0, 0.1) is 6.92 Å². The van der Waals surface area contributed by atoms with Crippen LogP contribution in [-0.4, -0.2) is 22.3 Å². The molecule has 0 aliphatic rings. The molecule has 0 unspecified atom stereocenters. The maximum absolute atomic E-state index is 12.0. The zero-order valence-electron chi connectivity index (χ0n) is 11.5. The maximum atomic E-state index is 12.0. The van der Waals surface area contributed by atoms with Crippen LogP contribution < -0.4 is 5.43 Å². The van der Waals surface area contributed by atoms with Gasteiger partial charge >= 0.3 is 0 Å². The second-order valence-electron chi connectivity index (χ2n) is 4.55. The number of nitrogens with one attached hydrogen (secondary N) is 1. The topological polar surface area (TPSA) is 81.9 Å². The van der Waals surface area contributed by atoms with Crippen molar-refractivity contribution in [3.8, 4) is 11.5 Å². The second kappa shape index (κ2) is 6.93. The van der Waals surface area contributed by atoms with Crippen molar-refractivity contribution in [3.63, 3.8) is 0 Å². The lowest BCUT2D eigenvalue weighted by Crippen LogP contribution is -2.18. The molecule has 2 rings (SSSR count). The number of rotatable bonds is 3. The average molecular weight is 428 g/mol. The van der Waals surface area contributed by atoms with Gasteiger partial charge in [-0.05, 0) is 52.7 Å². The van der Waals surface area contributed by atoms with Crippen LogP contribution in [0.1, 0.15) is 21.5 Å². The molecule has 0 saturated heterocycles. The summed E-state index contributed by atoms with van der Waals surface area (Å²) >= 11 is 6.40. The second-order valence-corrected chi connectivity index (χ2v) is 6.32. The first-order valence-electron chi connectivity index (χ1n) is 6.19. The number of hydrogen-bond donors (Lipinski definition) is 3. The molecule has 114 valence electrons. The fraction of sp³-hybridized carbons (Fsp3) is 0.0667. The van der Waals surface area contributed by atoms with E-state index in [2.05, 4.69) is 42.4 Å². The molecule has 2 aromatic rings. The number of nitrogens with zero attached hydrogens (tertiary/aromatic N) is 1. The summed E-state index contributed by atoms with van der Waals surface area (Å²) in [5.41, 5.74) is 3.77. The number of halogens is 2. The summed E-state index contributed by atoms with van der Waals surface area (Å²) in [5, 5.41) is 23.4. The largest absolute Gasteiger partial charge is 0.507 e. The fourth-order valence-corrected chi connectivity index (χ4v) is 2.95. The van der Waals surface area contributed by atoms with Crippen molar-refractivity contribution >= 4 is 44.0 Å². The van der Waals surface area contributed by atoms with Gasteiger partial charge in [-0.15, -0.1) is 0 Å². The molecule has 0 bridgehead atoms. The lowest BCUT2D eigenvalue weighted by Gasteiger charge is -2.06. The van der Waals surface area contributed by atoms with E-state index in [0.29, 0.717) is 14.5 Å². The minimum Gasteiger partial charge on any atom is -0.507 e. The van der Waals surface area contributed by atoms with Crippen LogP contribution in [0.15, 0.2) is 44.4 Å². The first-order valence-corrected chi connectivity index (χ1v) is 7.78. The highest BCUT2D eigenvalue weighted by Crippen LogP contribution is 2.31. The highest BCUT2D eigenvalue weighted by molar-refractivity contribution is 9.11. The van der Waals surface area contributed by atoms with Crippen LogP contribution in [0.3, 0.4) is 0 Å². The third-order valence-corrected chi connectivity index (χ3v) is 3.89. The summed E-state index contributed by atoms with van der Waals surface area (Å²) in [6.07, 6.45) is 1.33. The highest BCUT2D eigenvalue weighted by atomic mass is 79.9. The Morgan fingerprint density at radius 1 is 1.23 bits per heavy atom. The molecule has 0 heterocycles. The lowest BCUT2D eigenvalue weighted by molar-refractivity contribution is 0.0952. The number of aryl methyl sites for hydroxylation is 1. The van der Waals surface area contributed by atoms with E-state index >= 15 is 0 Å². The molecule has 7 heteroatoms. The monoisotopic (exact) mass is 426 g/mol. The van der Waals surface area contributed by atoms with Gasteiger partial charge in [-0.3, -0.25) is 4.79 Å². The summed E-state index contributed by atoms with van der Waals surface area (Å²) in [4.78, 5) is 12.0. The van der Waals surface area contributed by atoms with E-state index in [9.17, 15) is 15.0 Å². The summed E-state index contributed by atoms with van der Waals surface area (Å²) in [7, 11) is 0. The molecule has 0 spiro atoms. The van der Waals surface area contributed by atoms with Crippen molar-refractivity contribution in [3.05, 3.63) is 56.0 Å². The fourth-order valence-electron chi connectivity index (χ4n) is 1.72. The Hall–Kier alpha value is -1.86. The number of carbonyl (C=O) groups is 1. The molecule has 0 radical (unpaired) electrons. The quantitative estimate of drug-likeness (QED) is 0.516. The number of phenols is 2. The molecule has 0 fully saturated rings. The van der Waals surface area contributed by atoms with Crippen LogP contribution in [0.2, 0.25) is 0 Å². The van der Waals surface area contributed by atoms with Gasteiger partial charge in [0, 0.05) is 10.0 Å². The van der Waals surface area contributed by atoms with E-state index in [1.807, 2.05) is 13.0 Å². The van der Waals surface area contributed by atoms with Gasteiger partial charge in [0.05, 0.1) is 16.3 Å². The number of phenolic OH excluding ortho intramolecular Hbond substituents is 2. The number of hydrazone groups is 1. The first-order chi connectivity index (χ1) is 10.4. The predicted octanol–water partition coefficient (Wildman–Crippen LogP) is 3.70. The molecule has 0 saturated carbocycles. The van der Waals surface area contributed by atoms with E-state index < -0.39 is 5.91 Å². The first kappa shape index (κ1) is 16.5. The summed E-state index contributed by atoms with van der Waals surface area (Å²) in [6.45, 7) is 1.86. The van der Waals surface area contributed by atoms with E-state index in [1.165, 1.54) is 12.3 Å². The van der Waals surface area contributed by atoms with Gasteiger partial charge in [0.2, 0.25) is 0 Å². The van der Waals surface area contributed by atoms with Crippen molar-refractivity contribution in [1.82, 2.24) is 5.43 Å².